The van der Waals surface area contributed by atoms with Crippen LogP contribution in [0.15, 0.2) is 24.4 Å². The SMILES string of the molecule is CCCCCCCc1c[nH]c2ccc(OC)cc12. The summed E-state index contributed by atoms with van der Waals surface area (Å²) in [5, 5.41) is 1.31. The zero-order chi connectivity index (χ0) is 12.8. The summed E-state index contributed by atoms with van der Waals surface area (Å²) in [5.41, 5.74) is 2.62. The molecule has 0 spiro atoms. The second-order valence-electron chi connectivity index (χ2n) is 4.89. The molecule has 2 rings (SSSR count). The second-order valence-corrected chi connectivity index (χ2v) is 4.89. The number of methoxy groups -OCH3 is 1. The minimum atomic E-state index is 0.939. The van der Waals surface area contributed by atoms with E-state index in [0.29, 0.717) is 0 Å². The molecule has 0 radical (unpaired) electrons. The molecule has 1 aromatic carbocycles. The highest BCUT2D eigenvalue weighted by Gasteiger charge is 2.04. The van der Waals surface area contributed by atoms with Crippen LogP contribution in [0.2, 0.25) is 0 Å². The summed E-state index contributed by atoms with van der Waals surface area (Å²) in [4.78, 5) is 3.34. The van der Waals surface area contributed by atoms with Gasteiger partial charge in [0.1, 0.15) is 5.75 Å². The van der Waals surface area contributed by atoms with E-state index >= 15 is 0 Å². The fourth-order valence-corrected chi connectivity index (χ4v) is 2.41. The molecule has 2 heteroatoms. The van der Waals surface area contributed by atoms with Crippen LogP contribution in [0.3, 0.4) is 0 Å². The zero-order valence-corrected chi connectivity index (χ0v) is 11.5. The highest BCUT2D eigenvalue weighted by Crippen LogP contribution is 2.24. The van der Waals surface area contributed by atoms with Crippen LogP contribution in [-0.2, 0) is 6.42 Å². The van der Waals surface area contributed by atoms with Gasteiger partial charge in [0.05, 0.1) is 7.11 Å². The number of nitrogens with one attached hydrogen (secondary N) is 1. The van der Waals surface area contributed by atoms with Gasteiger partial charge in [-0.3, -0.25) is 0 Å². The van der Waals surface area contributed by atoms with Crippen LogP contribution >= 0.6 is 0 Å². The molecule has 2 aromatic rings. The largest absolute Gasteiger partial charge is 0.497 e. The van der Waals surface area contributed by atoms with Crippen molar-refractivity contribution in [2.75, 3.05) is 7.11 Å². The van der Waals surface area contributed by atoms with E-state index in [1.807, 2.05) is 6.07 Å². The first kappa shape index (κ1) is 13.0. The molecule has 18 heavy (non-hydrogen) atoms. The van der Waals surface area contributed by atoms with Crippen molar-refractivity contribution < 1.29 is 4.74 Å². The lowest BCUT2D eigenvalue weighted by Gasteiger charge is -2.02. The second kappa shape index (κ2) is 6.48. The van der Waals surface area contributed by atoms with Crippen molar-refractivity contribution in [1.29, 1.82) is 0 Å². The highest BCUT2D eigenvalue weighted by molar-refractivity contribution is 5.84. The predicted molar refractivity (Wildman–Crippen MR) is 77.3 cm³/mol. The molecule has 0 bridgehead atoms. The molecule has 1 aromatic heterocycles. The summed E-state index contributed by atoms with van der Waals surface area (Å²) in [5.74, 6) is 0.939. The third kappa shape index (κ3) is 3.06. The van der Waals surface area contributed by atoms with Crippen LogP contribution in [0.5, 0.6) is 5.75 Å². The number of benzene rings is 1. The number of ether oxygens (including phenoxy) is 1. The van der Waals surface area contributed by atoms with Crippen molar-refractivity contribution in [3.8, 4) is 5.75 Å². The molecule has 1 heterocycles. The first-order valence-corrected chi connectivity index (χ1v) is 6.99. The highest BCUT2D eigenvalue weighted by atomic mass is 16.5. The van der Waals surface area contributed by atoms with E-state index in [0.717, 1.165) is 12.2 Å². The summed E-state index contributed by atoms with van der Waals surface area (Å²) in [7, 11) is 1.72. The number of rotatable bonds is 7. The summed E-state index contributed by atoms with van der Waals surface area (Å²) in [6, 6.07) is 6.23. The summed E-state index contributed by atoms with van der Waals surface area (Å²) in [6.45, 7) is 2.26. The van der Waals surface area contributed by atoms with Crippen molar-refractivity contribution >= 4 is 10.9 Å². The van der Waals surface area contributed by atoms with Gasteiger partial charge in [0.2, 0.25) is 0 Å². The Kier molecular flexibility index (Phi) is 4.68. The summed E-state index contributed by atoms with van der Waals surface area (Å²) >= 11 is 0. The Morgan fingerprint density at radius 3 is 2.72 bits per heavy atom. The topological polar surface area (TPSA) is 25.0 Å². The van der Waals surface area contributed by atoms with Crippen molar-refractivity contribution in [3.63, 3.8) is 0 Å². The maximum atomic E-state index is 5.29. The Labute approximate surface area is 109 Å². The van der Waals surface area contributed by atoms with E-state index in [2.05, 4.69) is 30.2 Å². The lowest BCUT2D eigenvalue weighted by Crippen LogP contribution is -1.86. The Bertz CT molecular complexity index is 487. The van der Waals surface area contributed by atoms with E-state index in [1.165, 1.54) is 48.6 Å². The third-order valence-corrected chi connectivity index (χ3v) is 3.52. The van der Waals surface area contributed by atoms with Crippen LogP contribution in [0.25, 0.3) is 10.9 Å². The van der Waals surface area contributed by atoms with Gasteiger partial charge in [-0.25, -0.2) is 0 Å². The van der Waals surface area contributed by atoms with Crippen LogP contribution in [-0.4, -0.2) is 12.1 Å². The number of aromatic nitrogens is 1. The van der Waals surface area contributed by atoms with E-state index in [-0.39, 0.29) is 0 Å². The molecule has 0 fully saturated rings. The molecular weight excluding hydrogens is 222 g/mol. The number of aryl methyl sites for hydroxylation is 1. The number of hydrogen-bond acceptors (Lipinski definition) is 1. The van der Waals surface area contributed by atoms with Crippen LogP contribution < -0.4 is 4.74 Å². The molecule has 0 aliphatic rings. The van der Waals surface area contributed by atoms with Gasteiger partial charge in [0, 0.05) is 17.1 Å². The molecule has 0 amide bonds. The monoisotopic (exact) mass is 245 g/mol. The molecular formula is C16H23NO. The van der Waals surface area contributed by atoms with E-state index < -0.39 is 0 Å². The standard InChI is InChI=1S/C16H23NO/c1-3-4-5-6-7-8-13-12-17-16-10-9-14(18-2)11-15(13)16/h9-12,17H,3-8H2,1-2H3. The van der Waals surface area contributed by atoms with Gasteiger partial charge in [-0.2, -0.15) is 0 Å². The Morgan fingerprint density at radius 2 is 1.94 bits per heavy atom. The molecule has 1 N–H and O–H groups in total. The summed E-state index contributed by atoms with van der Waals surface area (Å²) in [6.07, 6.45) is 9.96. The first-order valence-electron chi connectivity index (χ1n) is 6.99. The number of H-pyrrole nitrogens is 1. The maximum Gasteiger partial charge on any atom is 0.119 e. The average molecular weight is 245 g/mol. The van der Waals surface area contributed by atoms with Crippen LogP contribution in [0.1, 0.15) is 44.6 Å². The number of aromatic amines is 1. The summed E-state index contributed by atoms with van der Waals surface area (Å²) < 4.78 is 5.29. The third-order valence-electron chi connectivity index (χ3n) is 3.52. The predicted octanol–water partition coefficient (Wildman–Crippen LogP) is 4.69. The van der Waals surface area contributed by atoms with Gasteiger partial charge < -0.3 is 9.72 Å². The first-order chi connectivity index (χ1) is 8.85. The fraction of sp³-hybridized carbons (Fsp3) is 0.500. The zero-order valence-electron chi connectivity index (χ0n) is 11.5. The van der Waals surface area contributed by atoms with E-state index in [1.54, 1.807) is 7.11 Å². The molecule has 2 nitrogen and oxygen atoms in total. The van der Waals surface area contributed by atoms with Crippen molar-refractivity contribution in [2.45, 2.75) is 45.4 Å². The van der Waals surface area contributed by atoms with Crippen molar-refractivity contribution in [3.05, 3.63) is 30.0 Å². The lowest BCUT2D eigenvalue weighted by molar-refractivity contribution is 0.415. The van der Waals surface area contributed by atoms with E-state index in [4.69, 9.17) is 4.74 Å². The molecule has 0 atom stereocenters. The van der Waals surface area contributed by atoms with Gasteiger partial charge in [-0.05, 0) is 36.6 Å². The van der Waals surface area contributed by atoms with E-state index in [9.17, 15) is 0 Å². The van der Waals surface area contributed by atoms with Crippen molar-refractivity contribution in [2.24, 2.45) is 0 Å². The Balaban J connectivity index is 1.99. The van der Waals surface area contributed by atoms with Gasteiger partial charge >= 0.3 is 0 Å². The molecule has 0 saturated carbocycles. The minimum Gasteiger partial charge on any atom is -0.497 e. The fourth-order valence-electron chi connectivity index (χ4n) is 2.41. The minimum absolute atomic E-state index is 0.939. The van der Waals surface area contributed by atoms with Gasteiger partial charge in [0.15, 0.2) is 0 Å². The van der Waals surface area contributed by atoms with Gasteiger partial charge in [-0.15, -0.1) is 0 Å². The van der Waals surface area contributed by atoms with Crippen LogP contribution in [0, 0.1) is 0 Å². The lowest BCUT2D eigenvalue weighted by atomic mass is 10.0. The number of unbranched alkanes of at least 4 members (excludes halogenated alkanes) is 4. The quantitative estimate of drug-likeness (QED) is 0.703. The maximum absolute atomic E-state index is 5.29. The van der Waals surface area contributed by atoms with Gasteiger partial charge in [0.25, 0.3) is 0 Å². The molecule has 98 valence electrons. The molecule has 0 aliphatic heterocycles. The average Bonchev–Trinajstić information content (AvgIpc) is 2.81. The molecule has 0 saturated heterocycles. The number of hydrogen-bond donors (Lipinski definition) is 1. The number of fused-ring (bicyclic) bond motifs is 1. The normalized spacial score (nSPS) is 11.0. The Morgan fingerprint density at radius 1 is 1.11 bits per heavy atom. The smallest absolute Gasteiger partial charge is 0.119 e. The van der Waals surface area contributed by atoms with Crippen molar-refractivity contribution in [1.82, 2.24) is 4.98 Å². The molecule has 0 aliphatic carbocycles. The van der Waals surface area contributed by atoms with Crippen LogP contribution in [0.4, 0.5) is 0 Å². The Hall–Kier alpha value is -1.44. The van der Waals surface area contributed by atoms with Gasteiger partial charge in [-0.1, -0.05) is 32.6 Å². The molecule has 0 unspecified atom stereocenters.